The van der Waals surface area contributed by atoms with Gasteiger partial charge in [0.05, 0.1) is 17.0 Å². The van der Waals surface area contributed by atoms with Crippen LogP contribution in [-0.2, 0) is 0 Å². The first-order chi connectivity index (χ1) is 18.8. The van der Waals surface area contributed by atoms with Crippen LogP contribution in [0.25, 0.3) is 61.1 Å². The number of aromatic nitrogens is 2. The molecule has 7 rings (SSSR count). The maximum absolute atomic E-state index is 10.9. The van der Waals surface area contributed by atoms with Gasteiger partial charge >= 0.3 is 0 Å². The van der Waals surface area contributed by atoms with Gasteiger partial charge in [-0.2, -0.15) is 0 Å². The Hall–Kier alpha value is -5.15. The van der Waals surface area contributed by atoms with Crippen molar-refractivity contribution < 1.29 is 5.11 Å². The summed E-state index contributed by atoms with van der Waals surface area (Å²) in [6, 6.07) is 47.5. The van der Waals surface area contributed by atoms with Crippen LogP contribution in [0.1, 0.15) is 0 Å². The number of phenols is 1. The number of aromatic hydroxyl groups is 1. The third-order valence-electron chi connectivity index (χ3n) is 7.06. The van der Waals surface area contributed by atoms with Crippen LogP contribution in [-0.4, -0.2) is 14.7 Å². The van der Waals surface area contributed by atoms with E-state index < -0.39 is 0 Å². The number of nitrogens with zero attached hydrogens (tertiary/aromatic N) is 2. The van der Waals surface area contributed by atoms with Crippen molar-refractivity contribution in [2.45, 2.75) is 0 Å². The van der Waals surface area contributed by atoms with Crippen LogP contribution in [0.3, 0.4) is 0 Å². The molecule has 180 valence electrons. The molecule has 0 fully saturated rings. The molecule has 6 aromatic carbocycles. The van der Waals surface area contributed by atoms with E-state index in [1.54, 1.807) is 6.07 Å². The molecule has 0 aliphatic heterocycles. The van der Waals surface area contributed by atoms with Crippen molar-refractivity contribution in [1.82, 2.24) is 9.55 Å². The van der Waals surface area contributed by atoms with Gasteiger partial charge in [-0.15, -0.1) is 0 Å². The average Bonchev–Trinajstić information content (AvgIpc) is 3.37. The summed E-state index contributed by atoms with van der Waals surface area (Å²) in [4.78, 5) is 5.20. The number of benzene rings is 6. The summed E-state index contributed by atoms with van der Waals surface area (Å²) in [7, 11) is 0. The minimum Gasteiger partial charge on any atom is -0.507 e. The summed E-state index contributed by atoms with van der Waals surface area (Å²) < 4.78 is 2.18. The Morgan fingerprint density at radius 1 is 0.500 bits per heavy atom. The van der Waals surface area contributed by atoms with E-state index in [1.807, 2.05) is 54.6 Å². The monoisotopic (exact) mass is 488 g/mol. The van der Waals surface area contributed by atoms with Gasteiger partial charge in [0.15, 0.2) is 0 Å². The molecule has 38 heavy (non-hydrogen) atoms. The molecule has 0 aliphatic rings. The normalized spacial score (nSPS) is 11.3. The van der Waals surface area contributed by atoms with Crippen molar-refractivity contribution in [1.29, 1.82) is 0 Å². The van der Waals surface area contributed by atoms with E-state index in [1.165, 1.54) is 16.2 Å². The summed E-state index contributed by atoms with van der Waals surface area (Å²) in [5.74, 6) is 0.894. The Balaban J connectivity index is 1.58. The zero-order valence-electron chi connectivity index (χ0n) is 20.6. The van der Waals surface area contributed by atoms with E-state index in [-0.39, 0.29) is 5.75 Å². The third-order valence-corrected chi connectivity index (χ3v) is 7.06. The van der Waals surface area contributed by atoms with Crippen molar-refractivity contribution in [3.05, 3.63) is 140 Å². The molecule has 0 unspecified atom stereocenters. The van der Waals surface area contributed by atoms with E-state index in [9.17, 15) is 5.11 Å². The van der Waals surface area contributed by atoms with Gasteiger partial charge in [0, 0.05) is 16.8 Å². The summed E-state index contributed by atoms with van der Waals surface area (Å²) in [6.07, 6.45) is 0. The Bertz CT molecular complexity index is 1920. The highest BCUT2D eigenvalue weighted by Gasteiger charge is 2.23. The molecule has 1 N–H and O–H groups in total. The predicted molar refractivity (Wildman–Crippen MR) is 157 cm³/mol. The van der Waals surface area contributed by atoms with Crippen LogP contribution in [0, 0.1) is 0 Å². The Morgan fingerprint density at radius 2 is 1.08 bits per heavy atom. The quantitative estimate of drug-likeness (QED) is 0.251. The molecule has 1 heterocycles. The third kappa shape index (κ3) is 3.73. The Kier molecular flexibility index (Phi) is 5.26. The van der Waals surface area contributed by atoms with Crippen molar-refractivity contribution in [3.63, 3.8) is 0 Å². The van der Waals surface area contributed by atoms with Gasteiger partial charge in [-0.05, 0) is 57.9 Å². The molecule has 0 aliphatic carbocycles. The first-order valence-electron chi connectivity index (χ1n) is 12.7. The SMILES string of the molecule is Oc1ccccc1-c1nc(-c2ccccc2)c(-c2ccccc2)n1-c1ccc2cc3ccccc3cc2c1. The van der Waals surface area contributed by atoms with Crippen molar-refractivity contribution in [2.24, 2.45) is 0 Å². The maximum Gasteiger partial charge on any atom is 0.149 e. The smallest absolute Gasteiger partial charge is 0.149 e. The first kappa shape index (κ1) is 22.1. The fourth-order valence-electron chi connectivity index (χ4n) is 5.24. The van der Waals surface area contributed by atoms with Gasteiger partial charge < -0.3 is 5.11 Å². The number of phenolic OH excluding ortho intramolecular Hbond substituents is 1. The summed E-state index contributed by atoms with van der Waals surface area (Å²) in [5.41, 5.74) is 5.60. The Labute approximate surface area is 220 Å². The molecule has 0 saturated carbocycles. The van der Waals surface area contributed by atoms with Crippen molar-refractivity contribution >= 4 is 21.5 Å². The highest BCUT2D eigenvalue weighted by molar-refractivity contribution is 5.99. The molecule has 0 amide bonds. The van der Waals surface area contributed by atoms with Crippen LogP contribution in [0.15, 0.2) is 140 Å². The second-order valence-electron chi connectivity index (χ2n) is 9.45. The molecular weight excluding hydrogens is 464 g/mol. The van der Waals surface area contributed by atoms with Gasteiger partial charge in [-0.3, -0.25) is 4.57 Å². The summed E-state index contributed by atoms with van der Waals surface area (Å²) in [5, 5.41) is 15.7. The fourth-order valence-corrected chi connectivity index (χ4v) is 5.24. The van der Waals surface area contributed by atoms with Gasteiger partial charge in [0.25, 0.3) is 0 Å². The first-order valence-corrected chi connectivity index (χ1v) is 12.7. The lowest BCUT2D eigenvalue weighted by molar-refractivity contribution is 0.477. The second kappa shape index (κ2) is 9.06. The number of para-hydroxylation sites is 1. The number of rotatable bonds is 4. The van der Waals surface area contributed by atoms with Crippen LogP contribution in [0.4, 0.5) is 0 Å². The molecule has 1 aromatic heterocycles. The van der Waals surface area contributed by atoms with Crippen molar-refractivity contribution in [2.75, 3.05) is 0 Å². The van der Waals surface area contributed by atoms with Crippen molar-refractivity contribution in [3.8, 4) is 45.3 Å². The highest BCUT2D eigenvalue weighted by atomic mass is 16.3. The van der Waals surface area contributed by atoms with Gasteiger partial charge in [-0.1, -0.05) is 103 Å². The zero-order chi connectivity index (χ0) is 25.5. The van der Waals surface area contributed by atoms with Crippen LogP contribution in [0.5, 0.6) is 5.75 Å². The van der Waals surface area contributed by atoms with E-state index >= 15 is 0 Å². The van der Waals surface area contributed by atoms with Gasteiger partial charge in [0.2, 0.25) is 0 Å². The van der Waals surface area contributed by atoms with E-state index in [4.69, 9.17) is 4.98 Å². The molecule has 7 aromatic rings. The number of hydrogen-bond donors (Lipinski definition) is 1. The number of hydrogen-bond acceptors (Lipinski definition) is 2. The molecule has 0 atom stereocenters. The lowest BCUT2D eigenvalue weighted by Gasteiger charge is -2.15. The van der Waals surface area contributed by atoms with E-state index in [2.05, 4.69) is 83.4 Å². The molecular formula is C35H24N2O. The average molecular weight is 489 g/mol. The topological polar surface area (TPSA) is 38.1 Å². The van der Waals surface area contributed by atoms with Gasteiger partial charge in [0.1, 0.15) is 11.6 Å². The lowest BCUT2D eigenvalue weighted by Crippen LogP contribution is -2.00. The minimum absolute atomic E-state index is 0.199. The summed E-state index contributed by atoms with van der Waals surface area (Å²) >= 11 is 0. The largest absolute Gasteiger partial charge is 0.507 e. The minimum atomic E-state index is 0.199. The lowest BCUT2D eigenvalue weighted by atomic mass is 10.0. The molecule has 3 heteroatoms. The predicted octanol–water partition coefficient (Wildman–Crippen LogP) is 8.89. The number of fused-ring (bicyclic) bond motifs is 2. The summed E-state index contributed by atoms with van der Waals surface area (Å²) in [6.45, 7) is 0. The fraction of sp³-hybridized carbons (Fsp3) is 0. The highest BCUT2D eigenvalue weighted by Crippen LogP contribution is 2.41. The molecule has 0 spiro atoms. The van der Waals surface area contributed by atoms with Crippen LogP contribution in [0.2, 0.25) is 0 Å². The molecule has 0 radical (unpaired) electrons. The van der Waals surface area contributed by atoms with Crippen LogP contribution >= 0.6 is 0 Å². The second-order valence-corrected chi connectivity index (χ2v) is 9.45. The molecule has 0 bridgehead atoms. The number of imidazole rings is 1. The van der Waals surface area contributed by atoms with E-state index in [0.29, 0.717) is 11.4 Å². The standard InChI is InChI=1S/C35H24N2O/c38-32-18-10-9-17-31(32)35-36-33(24-11-3-1-4-12-24)34(25-13-5-2-6-14-25)37(35)30-20-19-28-21-26-15-7-8-16-27(26)22-29(28)23-30/h1-23,38H. The van der Waals surface area contributed by atoms with E-state index in [0.717, 1.165) is 33.6 Å². The van der Waals surface area contributed by atoms with Crippen LogP contribution < -0.4 is 0 Å². The molecule has 3 nitrogen and oxygen atoms in total. The van der Waals surface area contributed by atoms with Gasteiger partial charge in [-0.25, -0.2) is 4.98 Å². The zero-order valence-corrected chi connectivity index (χ0v) is 20.6. The maximum atomic E-state index is 10.9. The molecule has 0 saturated heterocycles. The Morgan fingerprint density at radius 3 is 1.79 bits per heavy atom.